The Morgan fingerprint density at radius 3 is 2.77 bits per heavy atom. The summed E-state index contributed by atoms with van der Waals surface area (Å²) < 4.78 is 0. The maximum atomic E-state index is 12.8. The molecule has 1 saturated carbocycles. The van der Waals surface area contributed by atoms with Crippen LogP contribution in [-0.4, -0.2) is 61.8 Å². The van der Waals surface area contributed by atoms with Crippen LogP contribution in [0.4, 0.5) is 5.82 Å². The van der Waals surface area contributed by atoms with Crippen LogP contribution in [0.15, 0.2) is 41.9 Å². The number of carbonyl (C=O) groups excluding carboxylic acids is 3. The zero-order chi connectivity index (χ0) is 21.5. The molecule has 0 spiro atoms. The molecule has 31 heavy (non-hydrogen) atoms. The van der Waals surface area contributed by atoms with Crippen LogP contribution in [0.3, 0.4) is 0 Å². The lowest BCUT2D eigenvalue weighted by molar-refractivity contribution is -0.138. The summed E-state index contributed by atoms with van der Waals surface area (Å²) in [5.74, 6) is -0.400. The molecule has 0 unspecified atom stereocenters. The van der Waals surface area contributed by atoms with Crippen molar-refractivity contribution >= 4 is 23.5 Å². The molecule has 3 aliphatic rings. The van der Waals surface area contributed by atoms with Gasteiger partial charge in [0, 0.05) is 36.1 Å². The number of hydrogen-bond acceptors (Lipinski definition) is 7. The molecule has 0 bridgehead atoms. The number of aryl methyl sites for hydroxylation is 1. The van der Waals surface area contributed by atoms with Crippen LogP contribution in [0.5, 0.6) is 0 Å². The highest BCUT2D eigenvalue weighted by molar-refractivity contribution is 6.19. The summed E-state index contributed by atoms with van der Waals surface area (Å²) in [7, 11) is 0. The molecule has 2 aliphatic heterocycles. The molecule has 2 aromatic rings. The number of aromatic nitrogens is 3. The minimum Gasteiger partial charge on any atom is -0.357 e. The van der Waals surface area contributed by atoms with E-state index in [4.69, 9.17) is 0 Å². The van der Waals surface area contributed by atoms with Gasteiger partial charge in [0.25, 0.3) is 11.8 Å². The summed E-state index contributed by atoms with van der Waals surface area (Å²) >= 11 is 0. The topological polar surface area (TPSA) is 108 Å². The highest BCUT2D eigenvalue weighted by atomic mass is 16.2. The smallest absolute Gasteiger partial charge is 0.277 e. The molecule has 9 heteroatoms. The van der Waals surface area contributed by atoms with Gasteiger partial charge in [-0.1, -0.05) is 0 Å². The van der Waals surface area contributed by atoms with Crippen LogP contribution in [0, 0.1) is 6.92 Å². The zero-order valence-electron chi connectivity index (χ0n) is 17.2. The summed E-state index contributed by atoms with van der Waals surface area (Å²) in [4.78, 5) is 45.4. The molecular formula is C22H22N6O3. The molecule has 0 saturated heterocycles. The van der Waals surface area contributed by atoms with Crippen molar-refractivity contribution in [1.29, 1.82) is 0 Å². The van der Waals surface area contributed by atoms with E-state index in [9.17, 15) is 14.4 Å². The van der Waals surface area contributed by atoms with Crippen molar-refractivity contribution in [1.82, 2.24) is 25.0 Å². The zero-order valence-corrected chi connectivity index (χ0v) is 17.2. The summed E-state index contributed by atoms with van der Waals surface area (Å²) in [6.45, 7) is 2.44. The average Bonchev–Trinajstić information content (AvgIpc) is 3.55. The summed E-state index contributed by atoms with van der Waals surface area (Å²) in [5.41, 5.74) is 3.35. The molecule has 0 radical (unpaired) electrons. The molecule has 9 nitrogen and oxygen atoms in total. The molecular weight excluding hydrogens is 396 g/mol. The first-order valence-electron chi connectivity index (χ1n) is 10.4. The molecule has 4 heterocycles. The van der Waals surface area contributed by atoms with Gasteiger partial charge in [0.05, 0.1) is 12.2 Å². The van der Waals surface area contributed by atoms with Crippen molar-refractivity contribution < 1.29 is 14.4 Å². The van der Waals surface area contributed by atoms with Gasteiger partial charge < -0.3 is 10.2 Å². The average molecular weight is 418 g/mol. The molecule has 0 atom stereocenters. The minimum absolute atomic E-state index is 0.0125. The number of nitrogens with zero attached hydrogens (tertiary/aromatic N) is 5. The highest BCUT2D eigenvalue weighted by Crippen LogP contribution is 2.38. The fourth-order valence-electron chi connectivity index (χ4n) is 4.20. The van der Waals surface area contributed by atoms with Crippen molar-refractivity contribution in [2.75, 3.05) is 18.4 Å². The van der Waals surface area contributed by atoms with Crippen LogP contribution < -0.4 is 5.32 Å². The number of imide groups is 1. The Balaban J connectivity index is 1.29. The van der Waals surface area contributed by atoms with Crippen molar-refractivity contribution in [2.24, 2.45) is 0 Å². The summed E-state index contributed by atoms with van der Waals surface area (Å²) in [6, 6.07) is 5.51. The van der Waals surface area contributed by atoms with E-state index in [1.807, 2.05) is 19.1 Å². The highest BCUT2D eigenvalue weighted by Gasteiger charge is 2.48. The predicted octanol–water partition coefficient (Wildman–Crippen LogP) is 1.67. The fourth-order valence-corrected chi connectivity index (χ4v) is 4.20. The first-order chi connectivity index (χ1) is 15.0. The van der Waals surface area contributed by atoms with Crippen molar-refractivity contribution in [3.63, 3.8) is 0 Å². The fraction of sp³-hybridized carbons (Fsp3) is 0.364. The predicted molar refractivity (Wildman–Crippen MR) is 111 cm³/mol. The Hall–Kier alpha value is -3.62. The van der Waals surface area contributed by atoms with Crippen molar-refractivity contribution in [3.05, 3.63) is 47.4 Å². The van der Waals surface area contributed by atoms with Gasteiger partial charge in [-0.15, -0.1) is 10.2 Å². The maximum absolute atomic E-state index is 12.8. The van der Waals surface area contributed by atoms with Gasteiger partial charge in [0.2, 0.25) is 5.91 Å². The summed E-state index contributed by atoms with van der Waals surface area (Å²) in [6.07, 6.45) is 6.46. The second-order valence-corrected chi connectivity index (χ2v) is 8.11. The maximum Gasteiger partial charge on any atom is 0.277 e. The van der Waals surface area contributed by atoms with E-state index in [0.29, 0.717) is 35.7 Å². The van der Waals surface area contributed by atoms with Crippen LogP contribution in [-0.2, 0) is 14.4 Å². The van der Waals surface area contributed by atoms with E-state index in [1.54, 1.807) is 23.4 Å². The first kappa shape index (κ1) is 19.3. The molecule has 2 aromatic heterocycles. The van der Waals surface area contributed by atoms with E-state index in [2.05, 4.69) is 20.5 Å². The van der Waals surface area contributed by atoms with Crippen LogP contribution in [0.2, 0.25) is 0 Å². The Morgan fingerprint density at radius 1 is 1.23 bits per heavy atom. The lowest BCUT2D eigenvalue weighted by atomic mass is 10.0. The number of anilines is 1. The lowest BCUT2D eigenvalue weighted by Crippen LogP contribution is -2.40. The number of amides is 3. The van der Waals surface area contributed by atoms with E-state index in [1.165, 1.54) is 4.90 Å². The van der Waals surface area contributed by atoms with Gasteiger partial charge in [0.15, 0.2) is 5.82 Å². The lowest BCUT2D eigenvalue weighted by Gasteiger charge is -2.28. The van der Waals surface area contributed by atoms with E-state index >= 15 is 0 Å². The molecule has 1 N–H and O–H groups in total. The molecule has 0 aromatic carbocycles. The number of rotatable bonds is 5. The quantitative estimate of drug-likeness (QED) is 0.736. The van der Waals surface area contributed by atoms with E-state index < -0.39 is 0 Å². The molecule has 5 rings (SSSR count). The number of carbonyl (C=O) groups is 3. The molecule has 3 amide bonds. The third-order valence-electron chi connectivity index (χ3n) is 5.79. The standard InChI is InChI=1S/C22H22N6O3/c1-13-10-17(25-26-19(13)14-4-2-8-23-11-14)24-18(29)12-27-9-3-5-16-20(27)22(31)28(21(16)30)15-6-7-15/h2,4,8,10-11,15H,3,5-7,9,12H2,1H3,(H,24,25,29). The van der Waals surface area contributed by atoms with Gasteiger partial charge >= 0.3 is 0 Å². The van der Waals surface area contributed by atoms with Crippen molar-refractivity contribution in [2.45, 2.75) is 38.6 Å². The van der Waals surface area contributed by atoms with E-state index in [-0.39, 0.29) is 30.3 Å². The first-order valence-corrected chi connectivity index (χ1v) is 10.4. The molecule has 158 valence electrons. The Morgan fingerprint density at radius 2 is 2.06 bits per heavy atom. The molecule has 1 fully saturated rings. The van der Waals surface area contributed by atoms with Gasteiger partial charge in [-0.25, -0.2) is 0 Å². The van der Waals surface area contributed by atoms with Gasteiger partial charge in [-0.2, -0.15) is 0 Å². The Labute approximate surface area is 179 Å². The van der Waals surface area contributed by atoms with Crippen LogP contribution in [0.25, 0.3) is 11.3 Å². The summed E-state index contributed by atoms with van der Waals surface area (Å²) in [5, 5.41) is 11.1. The molecule has 1 aliphatic carbocycles. The second-order valence-electron chi connectivity index (χ2n) is 8.11. The van der Waals surface area contributed by atoms with Crippen LogP contribution >= 0.6 is 0 Å². The van der Waals surface area contributed by atoms with Crippen molar-refractivity contribution in [3.8, 4) is 11.3 Å². The second kappa shape index (κ2) is 7.57. The SMILES string of the molecule is Cc1cc(NC(=O)CN2CCCC3=C2C(=O)N(C2CC2)C3=O)nnc1-c1cccnc1. The van der Waals surface area contributed by atoms with Gasteiger partial charge in [0.1, 0.15) is 5.70 Å². The number of nitrogens with one attached hydrogen (secondary N) is 1. The van der Waals surface area contributed by atoms with Gasteiger partial charge in [-0.05, 0) is 56.4 Å². The third kappa shape index (κ3) is 3.56. The van der Waals surface area contributed by atoms with E-state index in [0.717, 1.165) is 30.4 Å². The minimum atomic E-state index is -0.304. The van der Waals surface area contributed by atoms with Gasteiger partial charge in [-0.3, -0.25) is 24.3 Å². The third-order valence-corrected chi connectivity index (χ3v) is 5.79. The van der Waals surface area contributed by atoms with Crippen LogP contribution in [0.1, 0.15) is 31.2 Å². The Kier molecular flexibility index (Phi) is 4.72. The Bertz CT molecular complexity index is 1110. The largest absolute Gasteiger partial charge is 0.357 e. The normalized spacial score (nSPS) is 18.5. The number of hydrogen-bond donors (Lipinski definition) is 1. The number of pyridine rings is 1. The monoisotopic (exact) mass is 418 g/mol.